The van der Waals surface area contributed by atoms with Crippen molar-refractivity contribution >= 4 is 71.0 Å². The van der Waals surface area contributed by atoms with Crippen LogP contribution < -0.4 is 11.1 Å². The lowest BCUT2D eigenvalue weighted by Gasteiger charge is -2.13. The quantitative estimate of drug-likeness (QED) is 0.600. The average Bonchev–Trinajstić information content (AvgIpc) is 2.38. The van der Waals surface area contributed by atoms with Crippen molar-refractivity contribution in [1.82, 2.24) is 0 Å². The molecule has 7 heteroatoms. The Morgan fingerprint density at radius 3 is 2.29 bits per heavy atom. The minimum atomic E-state index is -0.491. The molecule has 0 aliphatic heterocycles. The molecule has 1 amide bonds. The summed E-state index contributed by atoms with van der Waals surface area (Å²) in [5.41, 5.74) is 7.42. The van der Waals surface area contributed by atoms with Gasteiger partial charge >= 0.3 is 0 Å². The number of primary amides is 1. The van der Waals surface area contributed by atoms with Crippen LogP contribution in [0.4, 0.5) is 5.69 Å². The summed E-state index contributed by atoms with van der Waals surface area (Å²) in [6, 6.07) is 8.93. The van der Waals surface area contributed by atoms with Crippen LogP contribution in [0, 0.1) is 0 Å². The molecule has 21 heavy (non-hydrogen) atoms. The molecule has 0 spiro atoms. The van der Waals surface area contributed by atoms with Crippen molar-refractivity contribution in [3.8, 4) is 0 Å². The van der Waals surface area contributed by atoms with E-state index >= 15 is 0 Å². The molecule has 3 N–H and O–H groups in total. The highest BCUT2D eigenvalue weighted by Crippen LogP contribution is 2.35. The predicted octanol–water partition coefficient (Wildman–Crippen LogP) is 5.34. The van der Waals surface area contributed by atoms with E-state index in [1.165, 1.54) is 0 Å². The Morgan fingerprint density at radius 2 is 1.76 bits per heavy atom. The summed E-state index contributed by atoms with van der Waals surface area (Å²) in [5, 5.41) is 3.80. The van der Waals surface area contributed by atoms with E-state index in [0.717, 1.165) is 24.7 Å². The van der Waals surface area contributed by atoms with Crippen molar-refractivity contribution < 1.29 is 4.79 Å². The van der Waals surface area contributed by atoms with Crippen molar-refractivity contribution in [2.45, 2.75) is 6.54 Å². The highest BCUT2D eigenvalue weighted by atomic mass is 79.9. The van der Waals surface area contributed by atoms with Gasteiger partial charge in [-0.25, -0.2) is 0 Å². The molecule has 0 fully saturated rings. The minimum absolute atomic E-state index is 0.398. The molecule has 110 valence electrons. The number of carbonyl (C=O) groups is 1. The van der Waals surface area contributed by atoms with Crippen LogP contribution in [0.25, 0.3) is 0 Å². The number of nitrogens with two attached hydrogens (primary N) is 1. The number of carbonyl (C=O) groups excluding carboxylic acids is 1. The number of benzene rings is 2. The summed E-state index contributed by atoms with van der Waals surface area (Å²) in [4.78, 5) is 11.1. The van der Waals surface area contributed by atoms with Gasteiger partial charge in [0.25, 0.3) is 0 Å². The zero-order valence-electron chi connectivity index (χ0n) is 10.6. The van der Waals surface area contributed by atoms with E-state index in [-0.39, 0.29) is 0 Å². The van der Waals surface area contributed by atoms with Crippen LogP contribution in [-0.4, -0.2) is 5.91 Å². The Bertz CT molecular complexity index is 684. The molecular formula is C14H10Br3ClN2O. The van der Waals surface area contributed by atoms with Gasteiger partial charge in [-0.2, -0.15) is 0 Å². The molecule has 2 rings (SSSR count). The van der Waals surface area contributed by atoms with Gasteiger partial charge in [0.05, 0.1) is 5.69 Å². The average molecular weight is 497 g/mol. The molecule has 0 saturated heterocycles. The molecule has 0 radical (unpaired) electrons. The third-order valence-corrected chi connectivity index (χ3v) is 4.86. The maximum atomic E-state index is 11.1. The summed E-state index contributed by atoms with van der Waals surface area (Å²) < 4.78 is 2.82. The fourth-order valence-corrected chi connectivity index (χ4v) is 4.53. The smallest absolute Gasteiger partial charge is 0.248 e. The number of nitrogens with one attached hydrogen (secondary N) is 1. The highest BCUT2D eigenvalue weighted by Gasteiger charge is 2.09. The molecule has 0 bridgehead atoms. The second-order valence-electron chi connectivity index (χ2n) is 4.27. The highest BCUT2D eigenvalue weighted by molar-refractivity contribution is 9.11. The van der Waals surface area contributed by atoms with Gasteiger partial charge in [0.1, 0.15) is 0 Å². The van der Waals surface area contributed by atoms with Gasteiger partial charge in [0.2, 0.25) is 5.91 Å². The number of rotatable bonds is 4. The van der Waals surface area contributed by atoms with Gasteiger partial charge in [-0.05, 0) is 61.7 Å². The normalized spacial score (nSPS) is 10.5. The van der Waals surface area contributed by atoms with E-state index in [4.69, 9.17) is 17.3 Å². The van der Waals surface area contributed by atoms with Gasteiger partial charge in [-0.3, -0.25) is 4.79 Å². The lowest BCUT2D eigenvalue weighted by Crippen LogP contribution is -2.11. The first-order chi connectivity index (χ1) is 9.88. The summed E-state index contributed by atoms with van der Waals surface area (Å²) in [5.74, 6) is -0.491. The zero-order valence-corrected chi connectivity index (χ0v) is 16.1. The first kappa shape index (κ1) is 16.8. The van der Waals surface area contributed by atoms with Crippen molar-refractivity contribution in [2.75, 3.05) is 5.32 Å². The maximum Gasteiger partial charge on any atom is 0.248 e. The Labute approximate surface area is 152 Å². The molecule has 2 aromatic carbocycles. The van der Waals surface area contributed by atoms with Crippen LogP contribution >= 0.6 is 59.4 Å². The monoisotopic (exact) mass is 494 g/mol. The summed E-state index contributed by atoms with van der Waals surface area (Å²) in [6.07, 6.45) is 0. The molecule has 0 heterocycles. The fourth-order valence-electron chi connectivity index (χ4n) is 1.74. The Balaban J connectivity index is 2.19. The van der Waals surface area contributed by atoms with E-state index in [9.17, 15) is 4.79 Å². The van der Waals surface area contributed by atoms with Gasteiger partial charge < -0.3 is 11.1 Å². The number of anilines is 1. The number of halogens is 4. The third kappa shape index (κ3) is 4.22. The van der Waals surface area contributed by atoms with E-state index in [1.54, 1.807) is 18.2 Å². The molecule has 0 aliphatic rings. The van der Waals surface area contributed by atoms with Gasteiger partial charge in [0, 0.05) is 30.5 Å². The second-order valence-corrected chi connectivity index (χ2v) is 7.30. The van der Waals surface area contributed by atoms with E-state index in [0.29, 0.717) is 17.1 Å². The van der Waals surface area contributed by atoms with Crippen molar-refractivity contribution in [3.63, 3.8) is 0 Å². The molecule has 0 aliphatic carbocycles. The van der Waals surface area contributed by atoms with Crippen LogP contribution in [0.2, 0.25) is 5.02 Å². The van der Waals surface area contributed by atoms with E-state index in [2.05, 4.69) is 53.1 Å². The number of hydrogen-bond acceptors (Lipinski definition) is 2. The fraction of sp³-hybridized carbons (Fsp3) is 0.0714. The van der Waals surface area contributed by atoms with Gasteiger partial charge in [-0.15, -0.1) is 0 Å². The van der Waals surface area contributed by atoms with Crippen LogP contribution in [-0.2, 0) is 6.54 Å². The zero-order chi connectivity index (χ0) is 15.6. The maximum absolute atomic E-state index is 11.1. The Kier molecular flexibility index (Phi) is 5.71. The van der Waals surface area contributed by atoms with Gasteiger partial charge in [-0.1, -0.05) is 33.6 Å². The minimum Gasteiger partial charge on any atom is -0.379 e. The number of amides is 1. The number of hydrogen-bond donors (Lipinski definition) is 2. The van der Waals surface area contributed by atoms with Crippen molar-refractivity contribution in [2.24, 2.45) is 5.73 Å². The van der Waals surface area contributed by atoms with Crippen LogP contribution in [0.3, 0.4) is 0 Å². The predicted molar refractivity (Wildman–Crippen MR) is 96.8 cm³/mol. The standard InChI is InChI=1S/C14H10Br3ClN2O/c15-9-4-10(16)13(11(17)5-9)20-6-8-2-1-7(14(19)21)3-12(8)18/h1-5,20H,6H2,(H2,19,21). The lowest BCUT2D eigenvalue weighted by atomic mass is 10.1. The van der Waals surface area contributed by atoms with Crippen LogP contribution in [0.5, 0.6) is 0 Å². The molecule has 0 atom stereocenters. The second kappa shape index (κ2) is 7.13. The van der Waals surface area contributed by atoms with Crippen LogP contribution in [0.1, 0.15) is 15.9 Å². The summed E-state index contributed by atoms with van der Waals surface area (Å²) in [6.45, 7) is 0.525. The molecule has 3 nitrogen and oxygen atoms in total. The van der Waals surface area contributed by atoms with E-state index < -0.39 is 5.91 Å². The molecule has 0 aromatic heterocycles. The molecular weight excluding hydrogens is 487 g/mol. The first-order valence-electron chi connectivity index (χ1n) is 5.85. The Hall–Kier alpha value is -0.560. The summed E-state index contributed by atoms with van der Waals surface area (Å²) in [7, 11) is 0. The SMILES string of the molecule is NC(=O)c1ccc(CNc2c(Br)cc(Br)cc2Br)c(Cl)c1. The van der Waals surface area contributed by atoms with Gasteiger partial charge in [0.15, 0.2) is 0 Å². The largest absolute Gasteiger partial charge is 0.379 e. The van der Waals surface area contributed by atoms with Crippen molar-refractivity contribution in [1.29, 1.82) is 0 Å². The molecule has 2 aromatic rings. The third-order valence-electron chi connectivity index (χ3n) is 2.80. The first-order valence-corrected chi connectivity index (χ1v) is 8.61. The topological polar surface area (TPSA) is 55.1 Å². The lowest BCUT2D eigenvalue weighted by molar-refractivity contribution is 0.100. The molecule has 0 saturated carbocycles. The molecule has 0 unspecified atom stereocenters. The van der Waals surface area contributed by atoms with E-state index in [1.807, 2.05) is 12.1 Å². The van der Waals surface area contributed by atoms with Crippen molar-refractivity contribution in [3.05, 3.63) is 59.9 Å². The van der Waals surface area contributed by atoms with Crippen LogP contribution in [0.15, 0.2) is 43.7 Å². The summed E-state index contributed by atoms with van der Waals surface area (Å²) >= 11 is 16.6. The Morgan fingerprint density at radius 1 is 1.14 bits per heavy atom.